The van der Waals surface area contributed by atoms with Gasteiger partial charge < -0.3 is 10.4 Å². The summed E-state index contributed by atoms with van der Waals surface area (Å²) in [6.07, 6.45) is 2.88. The summed E-state index contributed by atoms with van der Waals surface area (Å²) in [6.45, 7) is 4.19. The van der Waals surface area contributed by atoms with E-state index in [0.717, 1.165) is 28.7 Å². The van der Waals surface area contributed by atoms with Gasteiger partial charge in [-0.05, 0) is 44.4 Å². The van der Waals surface area contributed by atoms with E-state index in [-0.39, 0.29) is 0 Å². The van der Waals surface area contributed by atoms with Crippen LogP contribution in [0.3, 0.4) is 0 Å². The standard InChI is InChI=1S/C16H20N2O2S3/c1-16(2,14(19)20)23-15-18-12(10-22-15)8-9-17-11-4-6-13(21-3)7-5-11/h4-7,10,17H,8-9H2,1-3H3,(H,19,20). The van der Waals surface area contributed by atoms with Crippen molar-refractivity contribution in [1.82, 2.24) is 4.98 Å². The molecule has 0 amide bonds. The van der Waals surface area contributed by atoms with Crippen LogP contribution in [0.2, 0.25) is 0 Å². The number of hydrogen-bond donors (Lipinski definition) is 2. The second-order valence-corrected chi connectivity index (χ2v) is 9.04. The molecular formula is C16H20N2O2S3. The van der Waals surface area contributed by atoms with Crippen molar-refractivity contribution in [1.29, 1.82) is 0 Å². The molecule has 2 N–H and O–H groups in total. The number of nitrogens with zero attached hydrogens (tertiary/aromatic N) is 1. The number of carboxylic acid groups (broad SMARTS) is 1. The maximum Gasteiger partial charge on any atom is 0.319 e. The van der Waals surface area contributed by atoms with E-state index in [9.17, 15) is 4.79 Å². The number of aromatic nitrogens is 1. The van der Waals surface area contributed by atoms with Crippen molar-refractivity contribution < 1.29 is 9.90 Å². The lowest BCUT2D eigenvalue weighted by Crippen LogP contribution is -2.26. The molecule has 0 aliphatic carbocycles. The van der Waals surface area contributed by atoms with Gasteiger partial charge in [-0.2, -0.15) is 0 Å². The van der Waals surface area contributed by atoms with Crippen molar-refractivity contribution in [3.8, 4) is 0 Å². The van der Waals surface area contributed by atoms with E-state index >= 15 is 0 Å². The zero-order valence-electron chi connectivity index (χ0n) is 13.3. The first-order chi connectivity index (χ1) is 10.9. The lowest BCUT2D eigenvalue weighted by molar-refractivity contribution is -0.138. The summed E-state index contributed by atoms with van der Waals surface area (Å²) in [5.74, 6) is -0.824. The Morgan fingerprint density at radius 2 is 2.04 bits per heavy atom. The molecule has 0 saturated carbocycles. The molecule has 23 heavy (non-hydrogen) atoms. The summed E-state index contributed by atoms with van der Waals surface area (Å²) < 4.78 is -0.0522. The van der Waals surface area contributed by atoms with Crippen LogP contribution in [0, 0.1) is 0 Å². The van der Waals surface area contributed by atoms with Crippen molar-refractivity contribution in [3.63, 3.8) is 0 Å². The number of carboxylic acids is 1. The molecule has 4 nitrogen and oxygen atoms in total. The first-order valence-corrected chi connectivity index (χ1v) is 10.1. The Morgan fingerprint density at radius 3 is 2.65 bits per heavy atom. The third-order valence-corrected chi connectivity index (χ3v) is 6.10. The van der Waals surface area contributed by atoms with Crippen LogP contribution in [-0.2, 0) is 11.2 Å². The van der Waals surface area contributed by atoms with Crippen LogP contribution in [0.25, 0.3) is 0 Å². The predicted molar refractivity (Wildman–Crippen MR) is 100 cm³/mol. The number of thiazole rings is 1. The minimum absolute atomic E-state index is 0.800. The van der Waals surface area contributed by atoms with E-state index in [2.05, 4.69) is 40.8 Å². The summed E-state index contributed by atoms with van der Waals surface area (Å²) in [5.41, 5.74) is 2.09. The molecule has 0 aliphatic heterocycles. The summed E-state index contributed by atoms with van der Waals surface area (Å²) in [6, 6.07) is 8.34. The fraction of sp³-hybridized carbons (Fsp3) is 0.375. The van der Waals surface area contributed by atoms with Gasteiger partial charge in [0.15, 0.2) is 4.34 Å². The highest BCUT2D eigenvalue weighted by molar-refractivity contribution is 8.03. The number of thioether (sulfide) groups is 2. The van der Waals surface area contributed by atoms with Gasteiger partial charge in [0.25, 0.3) is 0 Å². The smallest absolute Gasteiger partial charge is 0.319 e. The Kier molecular flexibility index (Phi) is 6.38. The first-order valence-electron chi connectivity index (χ1n) is 7.15. The molecule has 0 spiro atoms. The van der Waals surface area contributed by atoms with Gasteiger partial charge in [-0.15, -0.1) is 23.1 Å². The minimum atomic E-state index is -0.855. The molecule has 0 radical (unpaired) electrons. The van der Waals surface area contributed by atoms with Gasteiger partial charge in [0.05, 0.1) is 5.69 Å². The zero-order chi connectivity index (χ0) is 16.9. The molecule has 7 heteroatoms. The molecule has 0 aliphatic rings. The van der Waals surface area contributed by atoms with Gasteiger partial charge in [0.1, 0.15) is 4.75 Å². The van der Waals surface area contributed by atoms with Crippen LogP contribution >= 0.6 is 34.9 Å². The largest absolute Gasteiger partial charge is 0.480 e. The SMILES string of the molecule is CSc1ccc(NCCc2csc(SC(C)(C)C(=O)O)n2)cc1. The van der Waals surface area contributed by atoms with Crippen LogP contribution in [-0.4, -0.2) is 33.6 Å². The van der Waals surface area contributed by atoms with Gasteiger partial charge in [-0.3, -0.25) is 4.79 Å². The maximum atomic E-state index is 11.2. The van der Waals surface area contributed by atoms with E-state index in [0.29, 0.717) is 0 Å². The fourth-order valence-corrected chi connectivity index (χ4v) is 4.39. The third kappa shape index (κ3) is 5.44. The van der Waals surface area contributed by atoms with Gasteiger partial charge >= 0.3 is 5.97 Å². The number of anilines is 1. The highest BCUT2D eigenvalue weighted by atomic mass is 32.2. The Hall–Kier alpha value is -1.18. The molecule has 0 saturated heterocycles. The molecule has 0 fully saturated rings. The number of carbonyl (C=O) groups is 1. The van der Waals surface area contributed by atoms with Crippen molar-refractivity contribution in [2.24, 2.45) is 0 Å². The van der Waals surface area contributed by atoms with Crippen molar-refractivity contribution in [3.05, 3.63) is 35.3 Å². The number of aliphatic carboxylic acids is 1. The second-order valence-electron chi connectivity index (χ2n) is 5.43. The number of nitrogens with one attached hydrogen (secondary N) is 1. The molecule has 2 aromatic rings. The van der Waals surface area contributed by atoms with Crippen molar-refractivity contribution in [2.75, 3.05) is 18.1 Å². The number of rotatable bonds is 8. The topological polar surface area (TPSA) is 62.2 Å². The van der Waals surface area contributed by atoms with Crippen LogP contribution in [0.5, 0.6) is 0 Å². The van der Waals surface area contributed by atoms with Gasteiger partial charge in [-0.25, -0.2) is 4.98 Å². The molecular weight excluding hydrogens is 348 g/mol. The summed E-state index contributed by atoms with van der Waals surface area (Å²) in [7, 11) is 0. The first kappa shape index (κ1) is 18.2. The van der Waals surface area contributed by atoms with Gasteiger partial charge in [0.2, 0.25) is 0 Å². The van der Waals surface area contributed by atoms with Crippen LogP contribution in [0.1, 0.15) is 19.5 Å². The molecule has 1 heterocycles. The summed E-state index contributed by atoms with van der Waals surface area (Å²) >= 11 is 4.52. The summed E-state index contributed by atoms with van der Waals surface area (Å²) in [5, 5.41) is 14.5. The highest BCUT2D eigenvalue weighted by Gasteiger charge is 2.29. The number of hydrogen-bond acceptors (Lipinski definition) is 6. The van der Waals surface area contributed by atoms with E-state index in [1.165, 1.54) is 28.0 Å². The Labute approximate surface area is 149 Å². The predicted octanol–water partition coefficient (Wildman–Crippen LogP) is 4.47. The molecule has 0 bridgehead atoms. The molecule has 0 unspecified atom stereocenters. The lowest BCUT2D eigenvalue weighted by atomic mass is 10.2. The monoisotopic (exact) mass is 368 g/mol. The van der Waals surface area contributed by atoms with Crippen LogP contribution < -0.4 is 5.32 Å². The Balaban J connectivity index is 1.83. The van der Waals surface area contributed by atoms with E-state index in [1.807, 2.05) is 5.38 Å². The molecule has 1 aromatic heterocycles. The van der Waals surface area contributed by atoms with Crippen LogP contribution in [0.4, 0.5) is 5.69 Å². The Bertz CT molecular complexity index is 654. The van der Waals surface area contributed by atoms with Crippen molar-refractivity contribution in [2.45, 2.75) is 34.3 Å². The summed E-state index contributed by atoms with van der Waals surface area (Å²) in [4.78, 5) is 16.9. The minimum Gasteiger partial charge on any atom is -0.480 e. The normalized spacial score (nSPS) is 11.4. The van der Waals surface area contributed by atoms with E-state index < -0.39 is 10.7 Å². The average molecular weight is 369 g/mol. The van der Waals surface area contributed by atoms with Crippen LogP contribution in [0.15, 0.2) is 38.9 Å². The average Bonchev–Trinajstić information content (AvgIpc) is 2.94. The molecule has 1 aromatic carbocycles. The maximum absolute atomic E-state index is 11.2. The quantitative estimate of drug-likeness (QED) is 0.670. The fourth-order valence-electron chi connectivity index (χ4n) is 1.76. The number of benzene rings is 1. The third-order valence-electron chi connectivity index (χ3n) is 3.19. The van der Waals surface area contributed by atoms with Gasteiger partial charge in [0, 0.05) is 28.9 Å². The highest BCUT2D eigenvalue weighted by Crippen LogP contribution is 2.34. The van der Waals surface area contributed by atoms with E-state index in [4.69, 9.17) is 5.11 Å². The molecule has 0 atom stereocenters. The molecule has 124 valence electrons. The lowest BCUT2D eigenvalue weighted by Gasteiger charge is -2.15. The zero-order valence-corrected chi connectivity index (χ0v) is 15.8. The van der Waals surface area contributed by atoms with Crippen molar-refractivity contribution >= 4 is 46.5 Å². The second kappa shape index (κ2) is 8.08. The van der Waals surface area contributed by atoms with Gasteiger partial charge in [-0.1, -0.05) is 11.8 Å². The molecule has 2 rings (SSSR count). The van der Waals surface area contributed by atoms with E-state index in [1.54, 1.807) is 25.6 Å². The Morgan fingerprint density at radius 1 is 1.35 bits per heavy atom.